The fourth-order valence-electron chi connectivity index (χ4n) is 4.77. The topological polar surface area (TPSA) is 112 Å². The summed E-state index contributed by atoms with van der Waals surface area (Å²) in [5.74, 6) is -0.998. The van der Waals surface area contributed by atoms with Crippen molar-refractivity contribution in [2.24, 2.45) is 5.41 Å². The molecule has 0 spiro atoms. The first-order chi connectivity index (χ1) is 17.1. The maximum Gasteiger partial charge on any atom is 0.246 e. The normalized spacial score (nSPS) is 19.0. The van der Waals surface area contributed by atoms with E-state index in [-0.39, 0.29) is 36.1 Å². The number of amides is 3. The highest BCUT2D eigenvalue weighted by Crippen LogP contribution is 2.34. The summed E-state index contributed by atoms with van der Waals surface area (Å²) in [6.45, 7) is 15.7. The van der Waals surface area contributed by atoms with Crippen molar-refractivity contribution in [3.05, 3.63) is 40.5 Å². The molecule has 1 aliphatic heterocycles. The Morgan fingerprint density at radius 2 is 1.86 bits per heavy atom. The molecule has 2 aromatic rings. The number of aryl methyl sites for hydroxylation is 1. The zero-order valence-corrected chi connectivity index (χ0v) is 24.0. The van der Waals surface area contributed by atoms with E-state index >= 15 is 0 Å². The van der Waals surface area contributed by atoms with Gasteiger partial charge >= 0.3 is 0 Å². The van der Waals surface area contributed by atoms with Gasteiger partial charge in [0.15, 0.2) is 0 Å². The lowest BCUT2D eigenvalue weighted by Crippen LogP contribution is -2.57. The molecule has 0 radical (unpaired) electrons. The van der Waals surface area contributed by atoms with Gasteiger partial charge in [0.25, 0.3) is 0 Å². The van der Waals surface area contributed by atoms with E-state index in [0.29, 0.717) is 6.54 Å². The predicted molar refractivity (Wildman–Crippen MR) is 146 cm³/mol. The van der Waals surface area contributed by atoms with Crippen LogP contribution in [-0.2, 0) is 26.3 Å². The molecule has 1 saturated heterocycles. The van der Waals surface area contributed by atoms with Gasteiger partial charge in [0, 0.05) is 26.4 Å². The molecule has 9 heteroatoms. The molecule has 37 heavy (non-hydrogen) atoms. The third kappa shape index (κ3) is 6.76. The van der Waals surface area contributed by atoms with Gasteiger partial charge < -0.3 is 20.6 Å². The van der Waals surface area contributed by atoms with Crippen molar-refractivity contribution in [2.75, 3.05) is 6.54 Å². The second-order valence-electron chi connectivity index (χ2n) is 12.0. The lowest BCUT2D eigenvalue weighted by molar-refractivity contribution is -0.143. The fourth-order valence-corrected chi connectivity index (χ4v) is 5.58. The molecule has 3 unspecified atom stereocenters. The Hall–Kier alpha value is -2.78. The molecule has 202 valence electrons. The standard InChI is InChI=1S/C28H40N4O4S/c1-16-23(37-15-30-16)18-9-10-19(21(11-18)27(3,4)5)13-29-25(35)22-12-20(34)14-32(22)26(36)24(28(6,7)8)31-17(2)33/h9-11,15,20,22,24,34H,12-14H2,1-8H3,(H,29,35)(H,31,33). The Bertz CT molecular complexity index is 1160. The van der Waals surface area contributed by atoms with Crippen LogP contribution >= 0.6 is 11.3 Å². The summed E-state index contributed by atoms with van der Waals surface area (Å²) in [4.78, 5) is 45.4. The van der Waals surface area contributed by atoms with Crippen LogP contribution < -0.4 is 10.6 Å². The number of rotatable bonds is 6. The summed E-state index contributed by atoms with van der Waals surface area (Å²) in [6, 6.07) is 4.64. The third-order valence-electron chi connectivity index (χ3n) is 6.70. The van der Waals surface area contributed by atoms with Crippen LogP contribution in [0.4, 0.5) is 0 Å². The minimum atomic E-state index is -0.807. The van der Waals surface area contributed by atoms with Crippen molar-refractivity contribution in [3.63, 3.8) is 0 Å². The van der Waals surface area contributed by atoms with E-state index in [9.17, 15) is 19.5 Å². The molecule has 3 atom stereocenters. The summed E-state index contributed by atoms with van der Waals surface area (Å²) in [6.07, 6.45) is -0.644. The summed E-state index contributed by atoms with van der Waals surface area (Å²) < 4.78 is 0. The van der Waals surface area contributed by atoms with Crippen LogP contribution in [-0.4, -0.2) is 57.4 Å². The first kappa shape index (κ1) is 28.8. The monoisotopic (exact) mass is 528 g/mol. The van der Waals surface area contributed by atoms with Gasteiger partial charge in [-0.1, -0.05) is 53.7 Å². The number of benzene rings is 1. The molecule has 0 saturated carbocycles. The van der Waals surface area contributed by atoms with E-state index in [1.54, 1.807) is 11.3 Å². The highest BCUT2D eigenvalue weighted by atomic mass is 32.1. The highest BCUT2D eigenvalue weighted by molar-refractivity contribution is 7.13. The second kappa shape index (κ2) is 10.9. The molecule has 1 aromatic carbocycles. The predicted octanol–water partition coefficient (Wildman–Crippen LogP) is 3.54. The van der Waals surface area contributed by atoms with Crippen LogP contribution in [0.5, 0.6) is 0 Å². The summed E-state index contributed by atoms with van der Waals surface area (Å²) >= 11 is 1.61. The first-order valence-electron chi connectivity index (χ1n) is 12.7. The summed E-state index contributed by atoms with van der Waals surface area (Å²) in [5, 5.41) is 16.1. The first-order valence-corrected chi connectivity index (χ1v) is 13.5. The van der Waals surface area contributed by atoms with Crippen LogP contribution in [0.15, 0.2) is 23.7 Å². The molecular weight excluding hydrogens is 488 g/mol. The Labute approximate surface area is 223 Å². The highest BCUT2D eigenvalue weighted by Gasteiger charge is 2.44. The average molecular weight is 529 g/mol. The molecule has 3 rings (SSSR count). The number of hydrogen-bond acceptors (Lipinski definition) is 6. The number of aromatic nitrogens is 1. The van der Waals surface area contributed by atoms with Gasteiger partial charge in [-0.25, -0.2) is 4.98 Å². The van der Waals surface area contributed by atoms with Gasteiger partial charge in [-0.05, 0) is 40.5 Å². The average Bonchev–Trinajstić information content (AvgIpc) is 3.39. The van der Waals surface area contributed by atoms with Crippen LogP contribution in [0.1, 0.15) is 71.7 Å². The fraction of sp³-hybridized carbons (Fsp3) is 0.571. The lowest BCUT2D eigenvalue weighted by Gasteiger charge is -2.35. The lowest BCUT2D eigenvalue weighted by atomic mass is 9.82. The molecule has 1 aromatic heterocycles. The Balaban J connectivity index is 1.81. The molecule has 1 aliphatic rings. The number of carbonyl (C=O) groups is 3. The second-order valence-corrected chi connectivity index (χ2v) is 12.9. The number of aliphatic hydroxyl groups is 1. The van der Waals surface area contributed by atoms with E-state index in [4.69, 9.17) is 0 Å². The van der Waals surface area contributed by atoms with E-state index in [1.807, 2.05) is 45.3 Å². The SMILES string of the molecule is CC(=O)NC(C(=O)N1CC(O)CC1C(=O)NCc1ccc(-c2scnc2C)cc1C(C)(C)C)C(C)(C)C. The van der Waals surface area contributed by atoms with Crippen molar-refractivity contribution in [1.82, 2.24) is 20.5 Å². The van der Waals surface area contributed by atoms with E-state index in [2.05, 4.69) is 42.5 Å². The van der Waals surface area contributed by atoms with Crippen molar-refractivity contribution >= 4 is 29.1 Å². The number of carbonyl (C=O) groups excluding carboxylic acids is 3. The zero-order chi connectivity index (χ0) is 27.7. The van der Waals surface area contributed by atoms with Crippen molar-refractivity contribution in [3.8, 4) is 10.4 Å². The van der Waals surface area contributed by atoms with E-state index < -0.39 is 23.6 Å². The molecule has 1 fully saturated rings. The van der Waals surface area contributed by atoms with Crippen LogP contribution in [0.2, 0.25) is 0 Å². The quantitative estimate of drug-likeness (QED) is 0.531. The minimum absolute atomic E-state index is 0.0548. The van der Waals surface area contributed by atoms with E-state index in [1.165, 1.54) is 11.8 Å². The Morgan fingerprint density at radius 3 is 2.41 bits per heavy atom. The van der Waals surface area contributed by atoms with Gasteiger partial charge in [0.1, 0.15) is 12.1 Å². The van der Waals surface area contributed by atoms with Crippen molar-refractivity contribution in [2.45, 2.75) is 92.0 Å². The largest absolute Gasteiger partial charge is 0.391 e. The molecule has 3 N–H and O–H groups in total. The summed E-state index contributed by atoms with van der Waals surface area (Å²) in [7, 11) is 0. The molecule has 0 bridgehead atoms. The number of nitrogens with one attached hydrogen (secondary N) is 2. The number of aliphatic hydroxyl groups excluding tert-OH is 1. The van der Waals surface area contributed by atoms with Crippen LogP contribution in [0, 0.1) is 12.3 Å². The van der Waals surface area contributed by atoms with Gasteiger partial charge in [0.2, 0.25) is 17.7 Å². The number of hydrogen-bond donors (Lipinski definition) is 3. The number of β-amino-alcohol motifs (C(OH)–C–C–N with tert-alkyl or cyclic N) is 1. The molecule has 0 aliphatic carbocycles. The van der Waals surface area contributed by atoms with Crippen molar-refractivity contribution in [1.29, 1.82) is 0 Å². The van der Waals surface area contributed by atoms with Gasteiger partial charge in [-0.15, -0.1) is 11.3 Å². The Morgan fingerprint density at radius 1 is 1.19 bits per heavy atom. The van der Waals surface area contributed by atoms with Gasteiger partial charge in [-0.2, -0.15) is 0 Å². The molecule has 3 amide bonds. The summed E-state index contributed by atoms with van der Waals surface area (Å²) in [5.41, 5.74) is 5.33. The zero-order valence-electron chi connectivity index (χ0n) is 23.1. The van der Waals surface area contributed by atoms with Crippen molar-refractivity contribution < 1.29 is 19.5 Å². The third-order valence-corrected chi connectivity index (χ3v) is 7.68. The Kier molecular flexibility index (Phi) is 8.49. The maximum absolute atomic E-state index is 13.4. The molecular formula is C28H40N4O4S. The van der Waals surface area contributed by atoms with Crippen LogP contribution in [0.3, 0.4) is 0 Å². The number of likely N-dealkylation sites (tertiary alicyclic amines) is 1. The number of thiazole rings is 1. The van der Waals surface area contributed by atoms with E-state index in [0.717, 1.165) is 27.3 Å². The molecule has 2 heterocycles. The van der Waals surface area contributed by atoms with Gasteiger partial charge in [-0.3, -0.25) is 14.4 Å². The number of nitrogens with zero attached hydrogens (tertiary/aromatic N) is 2. The van der Waals surface area contributed by atoms with Crippen LogP contribution in [0.25, 0.3) is 10.4 Å². The smallest absolute Gasteiger partial charge is 0.246 e. The minimum Gasteiger partial charge on any atom is -0.391 e. The van der Waals surface area contributed by atoms with Gasteiger partial charge in [0.05, 0.1) is 22.2 Å². The molecule has 8 nitrogen and oxygen atoms in total. The maximum atomic E-state index is 13.4.